The van der Waals surface area contributed by atoms with Crippen molar-refractivity contribution in [2.45, 2.75) is 5.88 Å². The predicted molar refractivity (Wildman–Crippen MR) is 43.2 cm³/mol. The lowest BCUT2D eigenvalue weighted by molar-refractivity contribution is 1.26. The zero-order chi connectivity index (χ0) is 7.56. The second-order valence-electron chi connectivity index (χ2n) is 1.79. The Hall–Kier alpha value is -0.470. The highest BCUT2D eigenvalue weighted by molar-refractivity contribution is 6.32. The Bertz CT molecular complexity index is 217. The van der Waals surface area contributed by atoms with Crippen LogP contribution in [0.1, 0.15) is 5.56 Å². The minimum atomic E-state index is 0.304. The molecule has 0 fully saturated rings. The fraction of sp³-hybridized carbons (Fsp3) is 0.167. The summed E-state index contributed by atoms with van der Waals surface area (Å²) in [6, 6.07) is 1.66. The number of hydrogen-bond donors (Lipinski definition) is 1. The van der Waals surface area contributed by atoms with Crippen LogP contribution < -0.4 is 5.73 Å². The number of rotatable bonds is 1. The normalized spacial score (nSPS) is 9.80. The predicted octanol–water partition coefficient (Wildman–Crippen LogP) is 2.06. The van der Waals surface area contributed by atoms with Crippen molar-refractivity contribution in [1.82, 2.24) is 4.98 Å². The summed E-state index contributed by atoms with van der Waals surface area (Å²) in [5, 5.41) is 0.572. The maximum absolute atomic E-state index is 5.73. The minimum absolute atomic E-state index is 0.304. The Morgan fingerprint density at radius 2 is 2.30 bits per heavy atom. The monoisotopic (exact) mass is 176 g/mol. The first kappa shape index (κ1) is 7.63. The van der Waals surface area contributed by atoms with E-state index in [9.17, 15) is 0 Å². The van der Waals surface area contributed by atoms with Crippen molar-refractivity contribution in [2.75, 3.05) is 5.73 Å². The average Bonchev–Trinajstić information content (AvgIpc) is 1.88. The van der Waals surface area contributed by atoms with Gasteiger partial charge in [0.2, 0.25) is 0 Å². The lowest BCUT2D eigenvalue weighted by Gasteiger charge is -2.00. The lowest BCUT2D eigenvalue weighted by Crippen LogP contribution is -1.95. The van der Waals surface area contributed by atoms with Crippen molar-refractivity contribution in [1.29, 1.82) is 0 Å². The molecular formula is C6H6Cl2N2. The summed E-state index contributed by atoms with van der Waals surface area (Å²) in [6.07, 6.45) is 1.55. The fourth-order valence-corrected chi connectivity index (χ4v) is 1.19. The lowest BCUT2D eigenvalue weighted by atomic mass is 10.3. The molecule has 1 heterocycles. The van der Waals surface area contributed by atoms with Crippen LogP contribution in [0.15, 0.2) is 12.3 Å². The van der Waals surface area contributed by atoms with Crippen LogP contribution in [-0.2, 0) is 5.88 Å². The molecule has 0 aliphatic rings. The largest absolute Gasteiger partial charge is 0.383 e. The van der Waals surface area contributed by atoms with E-state index in [2.05, 4.69) is 4.98 Å². The molecule has 0 amide bonds. The average molecular weight is 177 g/mol. The van der Waals surface area contributed by atoms with Gasteiger partial charge in [0.25, 0.3) is 0 Å². The van der Waals surface area contributed by atoms with Crippen LogP contribution in [0.4, 0.5) is 5.82 Å². The quantitative estimate of drug-likeness (QED) is 0.666. The fourth-order valence-electron chi connectivity index (χ4n) is 0.616. The molecule has 0 atom stereocenters. The van der Waals surface area contributed by atoms with Gasteiger partial charge in [-0.25, -0.2) is 4.98 Å². The van der Waals surface area contributed by atoms with Crippen molar-refractivity contribution >= 4 is 29.0 Å². The highest BCUT2D eigenvalue weighted by Crippen LogP contribution is 2.20. The number of anilines is 1. The zero-order valence-corrected chi connectivity index (χ0v) is 6.65. The van der Waals surface area contributed by atoms with Gasteiger partial charge in [0.05, 0.1) is 10.9 Å². The van der Waals surface area contributed by atoms with Crippen LogP contribution in [0.3, 0.4) is 0 Å². The molecular weight excluding hydrogens is 171 g/mol. The van der Waals surface area contributed by atoms with Gasteiger partial charge < -0.3 is 5.73 Å². The van der Waals surface area contributed by atoms with Crippen LogP contribution in [-0.4, -0.2) is 4.98 Å². The first-order valence-corrected chi connectivity index (χ1v) is 3.61. The molecule has 0 radical (unpaired) electrons. The molecule has 0 aliphatic heterocycles. The molecule has 0 aromatic carbocycles. The van der Waals surface area contributed by atoms with Gasteiger partial charge in [0.1, 0.15) is 5.82 Å². The van der Waals surface area contributed by atoms with Crippen LogP contribution in [0.2, 0.25) is 5.02 Å². The maximum atomic E-state index is 5.73. The van der Waals surface area contributed by atoms with E-state index in [1.54, 1.807) is 12.3 Å². The Balaban J connectivity index is 3.17. The van der Waals surface area contributed by atoms with E-state index in [4.69, 9.17) is 28.9 Å². The van der Waals surface area contributed by atoms with Crippen molar-refractivity contribution in [3.05, 3.63) is 22.8 Å². The number of halogens is 2. The van der Waals surface area contributed by atoms with Gasteiger partial charge in [-0.05, 0) is 6.07 Å². The highest BCUT2D eigenvalue weighted by Gasteiger charge is 2.02. The van der Waals surface area contributed by atoms with Crippen LogP contribution in [0, 0.1) is 0 Å². The molecule has 2 nitrogen and oxygen atoms in total. The number of nitrogen functional groups attached to an aromatic ring is 1. The molecule has 1 rings (SSSR count). The topological polar surface area (TPSA) is 38.9 Å². The number of hydrogen-bond acceptors (Lipinski definition) is 2. The van der Waals surface area contributed by atoms with Gasteiger partial charge in [-0.3, -0.25) is 0 Å². The van der Waals surface area contributed by atoms with Crippen molar-refractivity contribution in [3.63, 3.8) is 0 Å². The molecule has 0 unspecified atom stereocenters. The van der Waals surface area contributed by atoms with E-state index in [-0.39, 0.29) is 0 Å². The Morgan fingerprint density at radius 3 is 2.70 bits per heavy atom. The Morgan fingerprint density at radius 1 is 1.60 bits per heavy atom. The Kier molecular flexibility index (Phi) is 2.35. The summed E-state index contributed by atoms with van der Waals surface area (Å²) in [5.41, 5.74) is 6.15. The van der Waals surface area contributed by atoms with Crippen LogP contribution in [0.25, 0.3) is 0 Å². The van der Waals surface area contributed by atoms with E-state index in [0.29, 0.717) is 22.3 Å². The van der Waals surface area contributed by atoms with Gasteiger partial charge in [0, 0.05) is 11.8 Å². The summed E-state index contributed by atoms with van der Waals surface area (Å²) >= 11 is 11.3. The van der Waals surface area contributed by atoms with E-state index >= 15 is 0 Å². The smallest absolute Gasteiger partial charge is 0.129 e. The minimum Gasteiger partial charge on any atom is -0.383 e. The van der Waals surface area contributed by atoms with Gasteiger partial charge in [-0.1, -0.05) is 11.6 Å². The molecule has 0 bridgehead atoms. The third kappa shape index (κ3) is 1.33. The van der Waals surface area contributed by atoms with Gasteiger partial charge in [-0.2, -0.15) is 0 Å². The molecule has 1 aromatic rings. The molecule has 0 saturated carbocycles. The third-order valence-corrected chi connectivity index (χ3v) is 1.79. The third-order valence-electron chi connectivity index (χ3n) is 1.17. The first-order chi connectivity index (χ1) is 4.75. The summed E-state index contributed by atoms with van der Waals surface area (Å²) in [4.78, 5) is 3.82. The summed E-state index contributed by atoms with van der Waals surface area (Å²) in [7, 11) is 0. The molecule has 0 saturated heterocycles. The second kappa shape index (κ2) is 3.08. The Labute approximate surface area is 69.0 Å². The number of pyridine rings is 1. The van der Waals surface area contributed by atoms with E-state index in [1.807, 2.05) is 0 Å². The van der Waals surface area contributed by atoms with Crippen molar-refractivity contribution < 1.29 is 0 Å². The molecule has 10 heavy (non-hydrogen) atoms. The van der Waals surface area contributed by atoms with Crippen molar-refractivity contribution in [3.8, 4) is 0 Å². The maximum Gasteiger partial charge on any atom is 0.129 e. The number of alkyl halides is 1. The molecule has 54 valence electrons. The SMILES string of the molecule is Nc1nccc(Cl)c1CCl. The van der Waals surface area contributed by atoms with E-state index < -0.39 is 0 Å². The number of nitrogens with zero attached hydrogens (tertiary/aromatic N) is 1. The van der Waals surface area contributed by atoms with Gasteiger partial charge in [-0.15, -0.1) is 11.6 Å². The van der Waals surface area contributed by atoms with Gasteiger partial charge >= 0.3 is 0 Å². The second-order valence-corrected chi connectivity index (χ2v) is 2.46. The van der Waals surface area contributed by atoms with Gasteiger partial charge in [0.15, 0.2) is 0 Å². The summed E-state index contributed by atoms with van der Waals surface area (Å²) in [5.74, 6) is 0.709. The molecule has 0 aliphatic carbocycles. The van der Waals surface area contributed by atoms with E-state index in [0.717, 1.165) is 0 Å². The molecule has 2 N–H and O–H groups in total. The standard InChI is InChI=1S/C6H6Cl2N2/c7-3-4-5(8)1-2-10-6(4)9/h1-2H,3H2,(H2,9,10). The zero-order valence-electron chi connectivity index (χ0n) is 5.14. The highest BCUT2D eigenvalue weighted by atomic mass is 35.5. The summed E-state index contributed by atoms with van der Waals surface area (Å²) < 4.78 is 0. The molecule has 1 aromatic heterocycles. The van der Waals surface area contributed by atoms with E-state index in [1.165, 1.54) is 0 Å². The van der Waals surface area contributed by atoms with Crippen molar-refractivity contribution in [2.24, 2.45) is 0 Å². The first-order valence-electron chi connectivity index (χ1n) is 2.70. The van der Waals surface area contributed by atoms with Crippen LogP contribution >= 0.6 is 23.2 Å². The number of aromatic nitrogens is 1. The molecule has 4 heteroatoms. The number of nitrogens with two attached hydrogens (primary N) is 1. The van der Waals surface area contributed by atoms with Crippen LogP contribution in [0.5, 0.6) is 0 Å². The summed E-state index contributed by atoms with van der Waals surface area (Å²) in [6.45, 7) is 0. The molecule has 0 spiro atoms.